The SMILES string of the molecule is [N-]=[N+]=NCCOCCOCCNC(=O)CCC(NC(=O)CCCCCCCCCCCCCCC(=O)O)C(=O)O. The molecule has 0 fully saturated rings. The Bertz CT molecular complexity index is 746. The molecule has 0 aliphatic rings. The van der Waals surface area contributed by atoms with Crippen LogP contribution < -0.4 is 10.6 Å². The lowest BCUT2D eigenvalue weighted by Gasteiger charge is -2.14. The number of aliphatic carboxylic acids is 2. The van der Waals surface area contributed by atoms with Crippen molar-refractivity contribution in [3.63, 3.8) is 0 Å². The van der Waals surface area contributed by atoms with Gasteiger partial charge in [0.25, 0.3) is 0 Å². The highest BCUT2D eigenvalue weighted by atomic mass is 16.5. The number of nitrogens with zero attached hydrogens (tertiary/aromatic N) is 3. The molecule has 0 aromatic rings. The molecule has 0 radical (unpaired) electrons. The van der Waals surface area contributed by atoms with Gasteiger partial charge < -0.3 is 30.3 Å². The summed E-state index contributed by atoms with van der Waals surface area (Å²) in [5.41, 5.74) is 8.14. The summed E-state index contributed by atoms with van der Waals surface area (Å²) in [6, 6.07) is -1.10. The molecule has 0 aromatic heterocycles. The van der Waals surface area contributed by atoms with Crippen LogP contribution in [0.15, 0.2) is 5.11 Å². The average Bonchev–Trinajstić information content (AvgIpc) is 2.91. The average molecular weight is 572 g/mol. The number of carbonyl (C=O) groups excluding carboxylic acids is 2. The first-order valence-corrected chi connectivity index (χ1v) is 14.5. The van der Waals surface area contributed by atoms with Crippen molar-refractivity contribution < 1.29 is 38.9 Å². The van der Waals surface area contributed by atoms with Gasteiger partial charge in [0.1, 0.15) is 6.04 Å². The van der Waals surface area contributed by atoms with Crippen molar-refractivity contribution in [2.45, 2.75) is 109 Å². The zero-order chi connectivity index (χ0) is 29.7. The second-order valence-corrected chi connectivity index (χ2v) is 9.66. The minimum Gasteiger partial charge on any atom is -0.481 e. The van der Waals surface area contributed by atoms with Crippen molar-refractivity contribution in [1.29, 1.82) is 0 Å². The lowest BCUT2D eigenvalue weighted by Crippen LogP contribution is -2.41. The highest BCUT2D eigenvalue weighted by Gasteiger charge is 2.20. The Hall–Kier alpha value is -2.89. The lowest BCUT2D eigenvalue weighted by atomic mass is 10.0. The van der Waals surface area contributed by atoms with Crippen molar-refractivity contribution in [1.82, 2.24) is 10.6 Å². The number of ether oxygens (including phenoxy) is 2. The van der Waals surface area contributed by atoms with Gasteiger partial charge in [0, 0.05) is 37.3 Å². The first kappa shape index (κ1) is 37.1. The number of carboxylic acid groups (broad SMARTS) is 2. The second kappa shape index (κ2) is 27.7. The number of unbranched alkanes of at least 4 members (excludes halogenated alkanes) is 11. The molecule has 0 aliphatic heterocycles. The predicted molar refractivity (Wildman–Crippen MR) is 150 cm³/mol. The second-order valence-electron chi connectivity index (χ2n) is 9.66. The van der Waals surface area contributed by atoms with Crippen LogP contribution in [0.5, 0.6) is 0 Å². The van der Waals surface area contributed by atoms with Gasteiger partial charge in [-0.25, -0.2) is 4.79 Å². The Labute approximate surface area is 237 Å². The Balaban J connectivity index is 3.69. The molecule has 4 N–H and O–H groups in total. The Morgan fingerprint density at radius 3 is 1.75 bits per heavy atom. The fourth-order valence-corrected chi connectivity index (χ4v) is 3.95. The first-order chi connectivity index (χ1) is 19.4. The zero-order valence-electron chi connectivity index (χ0n) is 23.8. The predicted octanol–water partition coefficient (Wildman–Crippen LogP) is 4.34. The van der Waals surface area contributed by atoms with Gasteiger partial charge in [-0.2, -0.15) is 0 Å². The first-order valence-electron chi connectivity index (χ1n) is 14.5. The van der Waals surface area contributed by atoms with Crippen molar-refractivity contribution in [2.75, 3.05) is 39.5 Å². The summed E-state index contributed by atoms with van der Waals surface area (Å²) >= 11 is 0. The topological polar surface area (TPSA) is 200 Å². The van der Waals surface area contributed by atoms with E-state index in [4.69, 9.17) is 20.1 Å². The van der Waals surface area contributed by atoms with Gasteiger partial charge >= 0.3 is 11.9 Å². The molecule has 0 saturated carbocycles. The maximum absolute atomic E-state index is 12.2. The molecule has 0 heterocycles. The van der Waals surface area contributed by atoms with Gasteiger partial charge in [-0.05, 0) is 24.8 Å². The van der Waals surface area contributed by atoms with Gasteiger partial charge in [-0.15, -0.1) is 0 Å². The summed E-state index contributed by atoms with van der Waals surface area (Å²) in [5, 5.41) is 26.5. The third kappa shape index (κ3) is 26.7. The third-order valence-electron chi connectivity index (χ3n) is 6.18. The maximum Gasteiger partial charge on any atom is 0.326 e. The molecule has 1 atom stereocenters. The summed E-state index contributed by atoms with van der Waals surface area (Å²) < 4.78 is 10.5. The normalized spacial score (nSPS) is 11.4. The lowest BCUT2D eigenvalue weighted by molar-refractivity contribution is -0.142. The fraction of sp³-hybridized carbons (Fsp3) is 0.852. The van der Waals surface area contributed by atoms with E-state index in [0.29, 0.717) is 26.2 Å². The van der Waals surface area contributed by atoms with Crippen LogP contribution in [-0.4, -0.2) is 79.5 Å². The zero-order valence-corrected chi connectivity index (χ0v) is 23.8. The minimum atomic E-state index is -1.16. The number of carbonyl (C=O) groups is 4. The Kier molecular flexibility index (Phi) is 25.7. The smallest absolute Gasteiger partial charge is 0.326 e. The molecule has 0 spiro atoms. The number of rotatable bonds is 29. The number of carboxylic acids is 2. The number of hydrogen-bond acceptors (Lipinski definition) is 7. The highest BCUT2D eigenvalue weighted by Crippen LogP contribution is 2.13. The minimum absolute atomic E-state index is 0.00905. The van der Waals surface area contributed by atoms with Crippen LogP contribution in [0, 0.1) is 0 Å². The number of amides is 2. The molecule has 2 amide bonds. The molecule has 0 bridgehead atoms. The van der Waals surface area contributed by atoms with E-state index in [-0.39, 0.29) is 57.2 Å². The van der Waals surface area contributed by atoms with Gasteiger partial charge in [0.05, 0.1) is 26.4 Å². The molecule has 1 unspecified atom stereocenters. The van der Waals surface area contributed by atoms with E-state index in [1.54, 1.807) is 0 Å². The van der Waals surface area contributed by atoms with Crippen LogP contribution in [0.25, 0.3) is 10.4 Å². The van der Waals surface area contributed by atoms with Crippen LogP contribution >= 0.6 is 0 Å². The van der Waals surface area contributed by atoms with E-state index >= 15 is 0 Å². The largest absolute Gasteiger partial charge is 0.481 e. The van der Waals surface area contributed by atoms with Gasteiger partial charge in [-0.3, -0.25) is 14.4 Å². The summed E-state index contributed by atoms with van der Waals surface area (Å²) in [4.78, 5) is 48.7. The van der Waals surface area contributed by atoms with E-state index in [0.717, 1.165) is 51.4 Å². The highest BCUT2D eigenvalue weighted by molar-refractivity contribution is 5.84. The molecule has 0 aromatic carbocycles. The summed E-state index contributed by atoms with van der Waals surface area (Å²) in [7, 11) is 0. The quantitative estimate of drug-likeness (QED) is 0.0439. The molecule has 0 rings (SSSR count). The van der Waals surface area contributed by atoms with Crippen LogP contribution in [0.3, 0.4) is 0 Å². The van der Waals surface area contributed by atoms with E-state index in [2.05, 4.69) is 20.7 Å². The third-order valence-corrected chi connectivity index (χ3v) is 6.18. The van der Waals surface area contributed by atoms with E-state index in [1.165, 1.54) is 19.3 Å². The van der Waals surface area contributed by atoms with Crippen molar-refractivity contribution in [3.05, 3.63) is 10.4 Å². The molecular weight excluding hydrogens is 522 g/mol. The van der Waals surface area contributed by atoms with Crippen molar-refractivity contribution >= 4 is 23.8 Å². The molecular formula is C27H49N5O8. The Morgan fingerprint density at radius 2 is 1.23 bits per heavy atom. The molecule has 13 nitrogen and oxygen atoms in total. The number of nitrogens with one attached hydrogen (secondary N) is 2. The molecule has 230 valence electrons. The van der Waals surface area contributed by atoms with Crippen LogP contribution in [-0.2, 0) is 28.7 Å². The van der Waals surface area contributed by atoms with E-state index in [9.17, 15) is 24.3 Å². The summed E-state index contributed by atoms with van der Waals surface area (Å²) in [6.45, 7) is 1.80. The fourth-order valence-electron chi connectivity index (χ4n) is 3.95. The Morgan fingerprint density at radius 1 is 0.700 bits per heavy atom. The standard InChI is InChI=1S/C27H49N5O8/c28-32-30-18-20-40-22-21-39-19-17-29-24(33)16-15-23(27(37)38)31-25(34)13-11-9-7-5-3-1-2-4-6-8-10-12-14-26(35)36/h23H,1-22H2,(H,29,33)(H,31,34)(H,35,36)(H,37,38). The van der Waals surface area contributed by atoms with Gasteiger partial charge in [0.2, 0.25) is 11.8 Å². The van der Waals surface area contributed by atoms with Crippen LogP contribution in [0.4, 0.5) is 0 Å². The molecule has 0 saturated heterocycles. The maximum atomic E-state index is 12.2. The van der Waals surface area contributed by atoms with Crippen LogP contribution in [0.2, 0.25) is 0 Å². The van der Waals surface area contributed by atoms with E-state index in [1.807, 2.05) is 0 Å². The molecule has 13 heteroatoms. The van der Waals surface area contributed by atoms with Gasteiger partial charge in [0.15, 0.2) is 0 Å². The molecule has 40 heavy (non-hydrogen) atoms. The van der Waals surface area contributed by atoms with Crippen molar-refractivity contribution in [3.8, 4) is 0 Å². The molecule has 0 aliphatic carbocycles. The van der Waals surface area contributed by atoms with Gasteiger partial charge in [-0.1, -0.05) is 69.3 Å². The number of hydrogen-bond donors (Lipinski definition) is 4. The summed E-state index contributed by atoms with van der Waals surface area (Å²) in [5.74, 6) is -2.51. The number of azide groups is 1. The van der Waals surface area contributed by atoms with Crippen molar-refractivity contribution in [2.24, 2.45) is 5.11 Å². The van der Waals surface area contributed by atoms with E-state index < -0.39 is 18.0 Å². The monoisotopic (exact) mass is 571 g/mol. The van der Waals surface area contributed by atoms with Crippen LogP contribution in [0.1, 0.15) is 103 Å². The summed E-state index contributed by atoms with van der Waals surface area (Å²) in [6.07, 6.45) is 13.0.